The van der Waals surface area contributed by atoms with Crippen LogP contribution < -0.4 is 0 Å². The maximum absolute atomic E-state index is 13.1. The van der Waals surface area contributed by atoms with Crippen LogP contribution in [0.1, 0.15) is 48.8 Å². The van der Waals surface area contributed by atoms with E-state index in [1.165, 1.54) is 11.1 Å². The quantitative estimate of drug-likeness (QED) is 0.854. The molecule has 2 heterocycles. The first-order valence-electron chi connectivity index (χ1n) is 8.68. The molecule has 0 spiro atoms. The standard InChI is InChI=1S/C19H23N3O/c23-19(18-10-3-7-15-6-1-2-9-17(15)18)21-12-4-8-16(14-21)22-13-5-11-20-22/h1-2,5-6,9,11,13,16,18H,3-4,7-8,10,12,14H2. The lowest BCUT2D eigenvalue weighted by molar-refractivity contribution is -0.134. The molecule has 2 atom stereocenters. The van der Waals surface area contributed by atoms with Crippen molar-refractivity contribution in [3.05, 3.63) is 53.9 Å². The van der Waals surface area contributed by atoms with Crippen molar-refractivity contribution in [1.29, 1.82) is 0 Å². The van der Waals surface area contributed by atoms with Crippen LogP contribution in [0.2, 0.25) is 0 Å². The van der Waals surface area contributed by atoms with Crippen LogP contribution in [0.5, 0.6) is 0 Å². The van der Waals surface area contributed by atoms with Crippen LogP contribution in [-0.4, -0.2) is 33.7 Å². The van der Waals surface area contributed by atoms with E-state index in [0.29, 0.717) is 11.9 Å². The van der Waals surface area contributed by atoms with Crippen molar-refractivity contribution < 1.29 is 4.79 Å². The van der Waals surface area contributed by atoms with Crippen LogP contribution in [0.15, 0.2) is 42.7 Å². The van der Waals surface area contributed by atoms with Crippen molar-refractivity contribution in [2.45, 2.75) is 44.1 Å². The molecule has 1 amide bonds. The average Bonchev–Trinajstić information content (AvgIpc) is 3.15. The molecule has 120 valence electrons. The molecule has 0 N–H and O–H groups in total. The Morgan fingerprint density at radius 2 is 2.04 bits per heavy atom. The third kappa shape index (κ3) is 2.78. The Morgan fingerprint density at radius 1 is 1.13 bits per heavy atom. The number of rotatable bonds is 2. The predicted octanol–water partition coefficient (Wildman–Crippen LogP) is 3.17. The van der Waals surface area contributed by atoms with Gasteiger partial charge in [0.15, 0.2) is 0 Å². The normalized spacial score (nSPS) is 24.3. The van der Waals surface area contributed by atoms with Crippen LogP contribution in [0, 0.1) is 0 Å². The molecular formula is C19H23N3O. The second-order valence-corrected chi connectivity index (χ2v) is 6.71. The third-order valence-electron chi connectivity index (χ3n) is 5.27. The summed E-state index contributed by atoms with van der Waals surface area (Å²) in [5.41, 5.74) is 2.61. The van der Waals surface area contributed by atoms with Gasteiger partial charge in [-0.3, -0.25) is 9.48 Å². The molecule has 4 heteroatoms. The van der Waals surface area contributed by atoms with E-state index in [1.807, 2.05) is 23.1 Å². The molecule has 1 aromatic heterocycles. The maximum atomic E-state index is 13.1. The topological polar surface area (TPSA) is 38.1 Å². The van der Waals surface area contributed by atoms with Crippen molar-refractivity contribution in [1.82, 2.24) is 14.7 Å². The van der Waals surface area contributed by atoms with E-state index in [0.717, 1.165) is 45.2 Å². The Labute approximate surface area is 137 Å². The average molecular weight is 309 g/mol. The molecule has 1 aliphatic carbocycles. The van der Waals surface area contributed by atoms with Crippen LogP contribution in [0.25, 0.3) is 0 Å². The van der Waals surface area contributed by atoms with Crippen LogP contribution in [0.3, 0.4) is 0 Å². The summed E-state index contributed by atoms with van der Waals surface area (Å²) in [5.74, 6) is 0.366. The van der Waals surface area contributed by atoms with Crippen molar-refractivity contribution in [3.63, 3.8) is 0 Å². The number of amides is 1. The van der Waals surface area contributed by atoms with Crippen LogP contribution in [-0.2, 0) is 11.2 Å². The van der Waals surface area contributed by atoms with Gasteiger partial charge in [0.1, 0.15) is 0 Å². The zero-order chi connectivity index (χ0) is 15.6. The number of benzene rings is 1. The number of hydrogen-bond acceptors (Lipinski definition) is 2. The van der Waals surface area contributed by atoms with Gasteiger partial charge >= 0.3 is 0 Å². The van der Waals surface area contributed by atoms with Gasteiger partial charge in [-0.1, -0.05) is 24.3 Å². The van der Waals surface area contributed by atoms with Gasteiger partial charge in [-0.2, -0.15) is 5.10 Å². The van der Waals surface area contributed by atoms with Gasteiger partial charge in [0.2, 0.25) is 5.91 Å². The van der Waals surface area contributed by atoms with Crippen molar-refractivity contribution in [2.75, 3.05) is 13.1 Å². The SMILES string of the molecule is O=C(C1CCCc2ccccc21)N1CCCC(n2cccn2)C1. The highest BCUT2D eigenvalue weighted by Gasteiger charge is 2.32. The van der Waals surface area contributed by atoms with Crippen LogP contribution in [0.4, 0.5) is 0 Å². The minimum absolute atomic E-state index is 0.0521. The lowest BCUT2D eigenvalue weighted by Crippen LogP contribution is -2.43. The monoisotopic (exact) mass is 309 g/mol. The highest BCUT2D eigenvalue weighted by Crippen LogP contribution is 2.34. The summed E-state index contributed by atoms with van der Waals surface area (Å²) < 4.78 is 2.01. The molecule has 23 heavy (non-hydrogen) atoms. The second-order valence-electron chi connectivity index (χ2n) is 6.71. The summed E-state index contributed by atoms with van der Waals surface area (Å²) in [5, 5.41) is 4.36. The molecule has 2 aliphatic rings. The molecule has 1 fully saturated rings. The van der Waals surface area contributed by atoms with E-state index >= 15 is 0 Å². The molecular weight excluding hydrogens is 286 g/mol. The van der Waals surface area contributed by atoms with E-state index in [1.54, 1.807) is 0 Å². The second kappa shape index (κ2) is 6.19. The predicted molar refractivity (Wildman–Crippen MR) is 89.2 cm³/mol. The zero-order valence-electron chi connectivity index (χ0n) is 13.4. The number of nitrogens with zero attached hydrogens (tertiary/aromatic N) is 3. The molecule has 1 aliphatic heterocycles. The summed E-state index contributed by atoms with van der Waals surface area (Å²) in [6.45, 7) is 1.68. The zero-order valence-corrected chi connectivity index (χ0v) is 13.4. The fraction of sp³-hybridized carbons (Fsp3) is 0.474. The Bertz CT molecular complexity index is 680. The third-order valence-corrected chi connectivity index (χ3v) is 5.27. The van der Waals surface area contributed by atoms with Gasteiger partial charge < -0.3 is 4.90 Å². The fourth-order valence-electron chi connectivity index (χ4n) is 4.10. The lowest BCUT2D eigenvalue weighted by atomic mass is 9.82. The number of piperidine rings is 1. The van der Waals surface area contributed by atoms with Gasteiger partial charge in [0.25, 0.3) is 0 Å². The van der Waals surface area contributed by atoms with Crippen LogP contribution >= 0.6 is 0 Å². The summed E-state index contributed by atoms with van der Waals surface area (Å²) in [7, 11) is 0. The number of carbonyl (C=O) groups is 1. The molecule has 2 aromatic rings. The molecule has 0 bridgehead atoms. The molecule has 0 radical (unpaired) electrons. The smallest absolute Gasteiger partial charge is 0.230 e. The molecule has 1 saturated heterocycles. The van der Waals surface area contributed by atoms with Crippen molar-refractivity contribution >= 4 is 5.91 Å². The Kier molecular flexibility index (Phi) is 3.90. The highest BCUT2D eigenvalue weighted by atomic mass is 16.2. The molecule has 4 nitrogen and oxygen atoms in total. The number of aromatic nitrogens is 2. The highest BCUT2D eigenvalue weighted by molar-refractivity contribution is 5.84. The maximum Gasteiger partial charge on any atom is 0.230 e. The van der Waals surface area contributed by atoms with Gasteiger partial charge in [0, 0.05) is 25.5 Å². The number of likely N-dealkylation sites (tertiary alicyclic amines) is 1. The summed E-state index contributed by atoms with van der Waals surface area (Å²) >= 11 is 0. The first-order valence-corrected chi connectivity index (χ1v) is 8.68. The number of hydrogen-bond donors (Lipinski definition) is 0. The summed E-state index contributed by atoms with van der Waals surface area (Å²) in [6, 6.07) is 10.7. The summed E-state index contributed by atoms with van der Waals surface area (Å²) in [4.78, 5) is 15.2. The number of fused-ring (bicyclic) bond motifs is 1. The molecule has 1 aromatic carbocycles. The number of carbonyl (C=O) groups excluding carboxylic acids is 1. The van der Waals surface area contributed by atoms with Gasteiger partial charge in [-0.25, -0.2) is 0 Å². The van der Waals surface area contributed by atoms with Gasteiger partial charge in [-0.05, 0) is 49.3 Å². The van der Waals surface area contributed by atoms with E-state index in [2.05, 4.69) is 34.3 Å². The van der Waals surface area contributed by atoms with E-state index < -0.39 is 0 Å². The first-order chi connectivity index (χ1) is 11.3. The van der Waals surface area contributed by atoms with E-state index in [4.69, 9.17) is 0 Å². The van der Waals surface area contributed by atoms with Gasteiger partial charge in [-0.15, -0.1) is 0 Å². The Balaban J connectivity index is 1.53. The molecule has 0 saturated carbocycles. The fourth-order valence-corrected chi connectivity index (χ4v) is 4.10. The van der Waals surface area contributed by atoms with Gasteiger partial charge in [0.05, 0.1) is 12.0 Å². The van der Waals surface area contributed by atoms with Crippen molar-refractivity contribution in [2.24, 2.45) is 0 Å². The largest absolute Gasteiger partial charge is 0.340 e. The minimum atomic E-state index is 0.0521. The molecule has 4 rings (SSSR count). The van der Waals surface area contributed by atoms with E-state index in [9.17, 15) is 4.79 Å². The summed E-state index contributed by atoms with van der Waals surface area (Å²) in [6.07, 6.45) is 9.20. The molecule has 2 unspecified atom stereocenters. The van der Waals surface area contributed by atoms with Crippen molar-refractivity contribution in [3.8, 4) is 0 Å². The lowest BCUT2D eigenvalue weighted by Gasteiger charge is -2.36. The van der Waals surface area contributed by atoms with E-state index in [-0.39, 0.29) is 5.92 Å². The Morgan fingerprint density at radius 3 is 2.91 bits per heavy atom. The minimum Gasteiger partial charge on any atom is -0.340 e. The first kappa shape index (κ1) is 14.5. The number of aryl methyl sites for hydroxylation is 1. The Hall–Kier alpha value is -2.10.